The van der Waals surface area contributed by atoms with Crippen LogP contribution in [0.1, 0.15) is 107 Å². The second kappa shape index (κ2) is 13.1. The number of allylic oxidation sites excluding steroid dienone is 1. The lowest BCUT2D eigenvalue weighted by Gasteiger charge is -2.34. The molecule has 0 saturated heterocycles. The largest absolute Gasteiger partial charge is 0.509 e. The molecular weight excluding hydrogens is 486 g/mol. The molecule has 1 amide bonds. The topological polar surface area (TPSA) is 100 Å². The van der Waals surface area contributed by atoms with Gasteiger partial charge in [0.05, 0.1) is 11.7 Å². The molecule has 0 saturated carbocycles. The van der Waals surface area contributed by atoms with Crippen LogP contribution in [0.15, 0.2) is 23.8 Å². The van der Waals surface area contributed by atoms with Gasteiger partial charge in [0.1, 0.15) is 23.6 Å². The highest BCUT2D eigenvalue weighted by Crippen LogP contribution is 2.35. The standard InChI is InChI=1S/C30H49NO7/c1-28(2,3)31-26(33)35-23-14-10-12-21(32)18-20(19-23)24-17-16-22(37-29(4,5)6)13-11-15-25(24)36-27(34)38-30(7,8)9/h10,14,17,20,22-23,25H,11-13,15-16,18-19H2,1-9H3,(H,31,33)/b14-10+,24-17+. The van der Waals surface area contributed by atoms with Gasteiger partial charge in [-0.25, -0.2) is 9.59 Å². The lowest BCUT2D eigenvalue weighted by atomic mass is 9.80. The van der Waals surface area contributed by atoms with E-state index in [2.05, 4.69) is 11.4 Å². The molecular formula is C30H49NO7. The first-order valence-corrected chi connectivity index (χ1v) is 13.8. The average Bonchev–Trinajstić information content (AvgIpc) is 2.66. The second-order valence-corrected chi connectivity index (χ2v) is 13.4. The molecule has 0 radical (unpaired) electrons. The van der Waals surface area contributed by atoms with Crippen molar-refractivity contribution < 1.29 is 33.3 Å². The maximum absolute atomic E-state index is 12.8. The fourth-order valence-electron chi connectivity index (χ4n) is 4.73. The Balaban J connectivity index is 2.36. The van der Waals surface area contributed by atoms with Crippen molar-refractivity contribution in [1.82, 2.24) is 5.32 Å². The Labute approximate surface area is 228 Å². The van der Waals surface area contributed by atoms with Gasteiger partial charge in [0.2, 0.25) is 0 Å². The van der Waals surface area contributed by atoms with Crippen molar-refractivity contribution in [2.45, 2.75) is 142 Å². The normalized spacial score (nSPS) is 27.9. The predicted octanol–water partition coefficient (Wildman–Crippen LogP) is 6.81. The number of Topliss-reactive ketones (excluding diaryl/α,β-unsaturated/α-hetero) is 1. The average molecular weight is 536 g/mol. The van der Waals surface area contributed by atoms with Crippen LogP contribution in [0.2, 0.25) is 0 Å². The van der Waals surface area contributed by atoms with E-state index >= 15 is 0 Å². The van der Waals surface area contributed by atoms with Gasteiger partial charge >= 0.3 is 12.2 Å². The number of alkyl carbamates (subject to hydrolysis) is 1. The lowest BCUT2D eigenvalue weighted by Crippen LogP contribution is -2.42. The molecule has 0 heterocycles. The summed E-state index contributed by atoms with van der Waals surface area (Å²) >= 11 is 0. The number of hydrogen-bond acceptors (Lipinski definition) is 7. The van der Waals surface area contributed by atoms with Gasteiger partial charge in [0.25, 0.3) is 0 Å². The Morgan fingerprint density at radius 2 is 1.63 bits per heavy atom. The van der Waals surface area contributed by atoms with Crippen molar-refractivity contribution in [3.63, 3.8) is 0 Å². The van der Waals surface area contributed by atoms with E-state index in [0.717, 1.165) is 18.4 Å². The van der Waals surface area contributed by atoms with E-state index < -0.39 is 35.6 Å². The van der Waals surface area contributed by atoms with Crippen molar-refractivity contribution in [2.24, 2.45) is 5.92 Å². The first kappa shape index (κ1) is 31.9. The summed E-state index contributed by atoms with van der Waals surface area (Å²) in [5, 5.41) is 2.83. The molecule has 4 unspecified atom stereocenters. The Kier molecular flexibility index (Phi) is 11.0. The van der Waals surface area contributed by atoms with Crippen LogP contribution in [0.3, 0.4) is 0 Å². The summed E-state index contributed by atoms with van der Waals surface area (Å²) < 4.78 is 23.4. The van der Waals surface area contributed by atoms with Crippen LogP contribution >= 0.6 is 0 Å². The molecule has 2 aliphatic carbocycles. The molecule has 0 aliphatic heterocycles. The third-order valence-corrected chi connectivity index (χ3v) is 6.02. The minimum atomic E-state index is -0.731. The van der Waals surface area contributed by atoms with Gasteiger partial charge in [-0.05, 0) is 112 Å². The predicted molar refractivity (Wildman–Crippen MR) is 147 cm³/mol. The lowest BCUT2D eigenvalue weighted by molar-refractivity contribution is -0.119. The molecule has 0 aromatic heterocycles. The Bertz CT molecular complexity index is 886. The third kappa shape index (κ3) is 12.5. The van der Waals surface area contributed by atoms with E-state index in [1.54, 1.807) is 32.9 Å². The van der Waals surface area contributed by atoms with Gasteiger partial charge in [0.15, 0.2) is 0 Å². The Morgan fingerprint density at radius 1 is 0.947 bits per heavy atom. The molecule has 0 spiro atoms. The summed E-state index contributed by atoms with van der Waals surface area (Å²) in [6, 6.07) is 0. The van der Waals surface area contributed by atoms with E-state index in [1.807, 2.05) is 41.5 Å². The summed E-state index contributed by atoms with van der Waals surface area (Å²) in [6.45, 7) is 17.2. The van der Waals surface area contributed by atoms with Crippen LogP contribution in [-0.2, 0) is 23.7 Å². The van der Waals surface area contributed by atoms with Crippen molar-refractivity contribution in [1.29, 1.82) is 0 Å². The zero-order valence-electron chi connectivity index (χ0n) is 24.8. The molecule has 0 fully saturated rings. The van der Waals surface area contributed by atoms with Crippen molar-refractivity contribution in [2.75, 3.05) is 0 Å². The van der Waals surface area contributed by atoms with Gasteiger partial charge < -0.3 is 24.3 Å². The molecule has 8 heteroatoms. The van der Waals surface area contributed by atoms with E-state index in [-0.39, 0.29) is 36.2 Å². The van der Waals surface area contributed by atoms with Gasteiger partial charge in [-0.15, -0.1) is 0 Å². The Morgan fingerprint density at radius 3 is 2.24 bits per heavy atom. The minimum Gasteiger partial charge on any atom is -0.442 e. The molecule has 0 aromatic rings. The van der Waals surface area contributed by atoms with Gasteiger partial charge in [-0.2, -0.15) is 0 Å². The van der Waals surface area contributed by atoms with E-state index in [9.17, 15) is 14.4 Å². The van der Waals surface area contributed by atoms with E-state index in [0.29, 0.717) is 19.3 Å². The van der Waals surface area contributed by atoms with E-state index in [1.165, 1.54) is 0 Å². The molecule has 1 N–H and O–H groups in total. The van der Waals surface area contributed by atoms with E-state index in [4.69, 9.17) is 18.9 Å². The van der Waals surface area contributed by atoms with Crippen molar-refractivity contribution >= 4 is 18.0 Å². The number of rotatable bonds is 4. The zero-order valence-corrected chi connectivity index (χ0v) is 24.8. The fraction of sp³-hybridized carbons (Fsp3) is 0.767. The van der Waals surface area contributed by atoms with Crippen LogP contribution in [0.25, 0.3) is 0 Å². The van der Waals surface area contributed by atoms with Crippen molar-refractivity contribution in [3.05, 3.63) is 23.8 Å². The molecule has 0 bridgehead atoms. The minimum absolute atomic E-state index is 0.0150. The molecule has 2 aliphatic rings. The number of ketones is 1. The van der Waals surface area contributed by atoms with Crippen molar-refractivity contribution in [3.8, 4) is 0 Å². The molecule has 0 aromatic carbocycles. The van der Waals surface area contributed by atoms with Crippen LogP contribution in [0.5, 0.6) is 0 Å². The summed E-state index contributed by atoms with van der Waals surface area (Å²) in [6.07, 6.45) is 7.13. The zero-order chi connectivity index (χ0) is 28.7. The highest BCUT2D eigenvalue weighted by atomic mass is 16.7. The molecule has 8 nitrogen and oxygen atoms in total. The monoisotopic (exact) mass is 535 g/mol. The molecule has 4 atom stereocenters. The smallest absolute Gasteiger partial charge is 0.442 e. The highest BCUT2D eigenvalue weighted by molar-refractivity contribution is 5.80. The number of ether oxygens (including phenoxy) is 4. The van der Waals surface area contributed by atoms with Crippen LogP contribution in [-0.4, -0.2) is 53.1 Å². The summed E-state index contributed by atoms with van der Waals surface area (Å²) in [7, 11) is 0. The first-order chi connectivity index (χ1) is 17.4. The first-order valence-electron chi connectivity index (χ1n) is 13.8. The van der Waals surface area contributed by atoms with Gasteiger partial charge in [-0.1, -0.05) is 12.2 Å². The highest BCUT2D eigenvalue weighted by Gasteiger charge is 2.34. The molecule has 216 valence electrons. The fourth-order valence-corrected chi connectivity index (χ4v) is 4.73. The molecule has 38 heavy (non-hydrogen) atoms. The maximum Gasteiger partial charge on any atom is 0.509 e. The molecule has 2 rings (SSSR count). The number of nitrogens with one attached hydrogen (secondary N) is 1. The second-order valence-electron chi connectivity index (χ2n) is 13.4. The number of carbonyl (C=O) groups is 3. The Hall–Kier alpha value is -2.35. The summed E-state index contributed by atoms with van der Waals surface area (Å²) in [5.74, 6) is -0.175. The quantitative estimate of drug-likeness (QED) is 0.312. The van der Waals surface area contributed by atoms with Crippen LogP contribution in [0, 0.1) is 5.92 Å². The van der Waals surface area contributed by atoms with Gasteiger partial charge in [-0.3, -0.25) is 4.79 Å². The van der Waals surface area contributed by atoms with Crippen LogP contribution in [0.4, 0.5) is 9.59 Å². The number of hydrogen-bond donors (Lipinski definition) is 1. The summed E-state index contributed by atoms with van der Waals surface area (Å²) in [4.78, 5) is 38.0. The SMILES string of the molecule is CC(C)(C)NC(=O)OC1/C=C/CC(=O)CC(/C2=C\CC(OC(C)(C)C)CCCC2OC(=O)OC(C)(C)C)C1. The van der Waals surface area contributed by atoms with Crippen LogP contribution < -0.4 is 5.32 Å². The maximum atomic E-state index is 12.8. The summed E-state index contributed by atoms with van der Waals surface area (Å²) in [5.41, 5.74) is -0.542. The number of carbonyl (C=O) groups excluding carboxylic acids is 3. The third-order valence-electron chi connectivity index (χ3n) is 6.02. The van der Waals surface area contributed by atoms with Gasteiger partial charge in [0, 0.05) is 18.4 Å². The number of amides is 1.